The number of benzene rings is 2. The van der Waals surface area contributed by atoms with E-state index in [0.29, 0.717) is 9.64 Å². The standard InChI is InChI=1S/C17H16F3IN2O3/c1-9(24)4-5-26-23-17(25)11-7-12(18)13(19)8-16(11)22-15-3-2-10(21)6-14(15)20/h2-3,6-9,22,24H,4-5H2,1H3,(H,23,25). The fraction of sp³-hybridized carbons (Fsp3) is 0.235. The molecule has 0 fully saturated rings. The predicted molar refractivity (Wildman–Crippen MR) is 98.5 cm³/mol. The SMILES string of the molecule is CC(O)CCONC(=O)c1cc(F)c(F)cc1Nc1ccc(I)cc1F. The number of amides is 1. The van der Waals surface area contributed by atoms with E-state index in [1.54, 1.807) is 13.0 Å². The molecule has 0 aliphatic heterocycles. The highest BCUT2D eigenvalue weighted by Gasteiger charge is 2.18. The molecule has 2 aromatic rings. The Kier molecular flexibility index (Phi) is 7.23. The third kappa shape index (κ3) is 5.58. The average molecular weight is 480 g/mol. The number of hydrogen-bond acceptors (Lipinski definition) is 4. The summed E-state index contributed by atoms with van der Waals surface area (Å²) in [4.78, 5) is 17.1. The van der Waals surface area contributed by atoms with Crippen LogP contribution in [0, 0.1) is 21.0 Å². The Morgan fingerprint density at radius 1 is 1.15 bits per heavy atom. The third-order valence-corrected chi connectivity index (χ3v) is 3.98. The van der Waals surface area contributed by atoms with Crippen LogP contribution in [0.15, 0.2) is 30.3 Å². The van der Waals surface area contributed by atoms with Gasteiger partial charge in [-0.3, -0.25) is 9.63 Å². The van der Waals surface area contributed by atoms with Crippen LogP contribution in [-0.2, 0) is 4.84 Å². The molecule has 0 saturated heterocycles. The maximum absolute atomic E-state index is 14.0. The molecule has 2 rings (SSSR count). The lowest BCUT2D eigenvalue weighted by Crippen LogP contribution is -2.26. The minimum Gasteiger partial charge on any atom is -0.393 e. The van der Waals surface area contributed by atoms with Crippen LogP contribution in [0.4, 0.5) is 24.5 Å². The summed E-state index contributed by atoms with van der Waals surface area (Å²) >= 11 is 1.93. The Labute approximate surface area is 161 Å². The highest BCUT2D eigenvalue weighted by Crippen LogP contribution is 2.26. The normalized spacial score (nSPS) is 11.9. The average Bonchev–Trinajstić information content (AvgIpc) is 2.56. The number of halogens is 4. The zero-order valence-corrected chi connectivity index (χ0v) is 15.8. The smallest absolute Gasteiger partial charge is 0.277 e. The Morgan fingerprint density at radius 2 is 1.85 bits per heavy atom. The second-order valence-corrected chi connectivity index (χ2v) is 6.72. The van der Waals surface area contributed by atoms with Gasteiger partial charge < -0.3 is 10.4 Å². The van der Waals surface area contributed by atoms with Gasteiger partial charge in [-0.15, -0.1) is 0 Å². The molecular weight excluding hydrogens is 464 g/mol. The first-order chi connectivity index (χ1) is 12.3. The van der Waals surface area contributed by atoms with Crippen molar-refractivity contribution in [3.05, 3.63) is 56.9 Å². The zero-order valence-electron chi connectivity index (χ0n) is 13.7. The predicted octanol–water partition coefficient (Wildman–Crippen LogP) is 3.88. The second kappa shape index (κ2) is 9.19. The summed E-state index contributed by atoms with van der Waals surface area (Å²) in [5.74, 6) is -3.87. The molecule has 0 heterocycles. The molecule has 0 aliphatic carbocycles. The largest absolute Gasteiger partial charge is 0.393 e. The fourth-order valence-electron chi connectivity index (χ4n) is 1.98. The molecule has 1 atom stereocenters. The van der Waals surface area contributed by atoms with Gasteiger partial charge in [0.25, 0.3) is 5.91 Å². The number of carbonyl (C=O) groups is 1. The molecule has 0 spiro atoms. The lowest BCUT2D eigenvalue weighted by atomic mass is 10.1. The molecule has 2 aromatic carbocycles. The first-order valence-corrected chi connectivity index (χ1v) is 8.67. The molecule has 0 saturated carbocycles. The van der Waals surface area contributed by atoms with Crippen molar-refractivity contribution in [2.45, 2.75) is 19.4 Å². The van der Waals surface area contributed by atoms with Crippen molar-refractivity contribution in [2.75, 3.05) is 11.9 Å². The molecular formula is C17H16F3IN2O3. The summed E-state index contributed by atoms with van der Waals surface area (Å²) in [7, 11) is 0. The van der Waals surface area contributed by atoms with Crippen molar-refractivity contribution in [3.8, 4) is 0 Å². The van der Waals surface area contributed by atoms with Gasteiger partial charge >= 0.3 is 0 Å². The summed E-state index contributed by atoms with van der Waals surface area (Å²) < 4.78 is 41.8. The molecule has 0 aromatic heterocycles. The van der Waals surface area contributed by atoms with Crippen molar-refractivity contribution in [3.63, 3.8) is 0 Å². The number of hydrogen-bond donors (Lipinski definition) is 3. The summed E-state index contributed by atoms with van der Waals surface area (Å²) in [5, 5.41) is 11.7. The van der Waals surface area contributed by atoms with Gasteiger partial charge in [0.05, 0.1) is 29.6 Å². The minimum absolute atomic E-state index is 0.000461. The summed E-state index contributed by atoms with van der Waals surface area (Å²) in [6.45, 7) is 1.58. The summed E-state index contributed by atoms with van der Waals surface area (Å²) in [5.41, 5.74) is 1.69. The number of hydroxylamine groups is 1. The van der Waals surface area contributed by atoms with Crippen molar-refractivity contribution < 1.29 is 27.9 Å². The first kappa shape index (κ1) is 20.5. The molecule has 5 nitrogen and oxygen atoms in total. The third-order valence-electron chi connectivity index (χ3n) is 3.31. The molecule has 1 unspecified atom stereocenters. The molecule has 1 amide bonds. The van der Waals surface area contributed by atoms with E-state index >= 15 is 0 Å². The van der Waals surface area contributed by atoms with Crippen molar-refractivity contribution in [1.29, 1.82) is 0 Å². The van der Waals surface area contributed by atoms with Crippen LogP contribution < -0.4 is 10.8 Å². The molecule has 3 N–H and O–H groups in total. The minimum atomic E-state index is -1.23. The van der Waals surface area contributed by atoms with Crippen molar-refractivity contribution in [2.24, 2.45) is 0 Å². The molecule has 140 valence electrons. The summed E-state index contributed by atoms with van der Waals surface area (Å²) in [6, 6.07) is 5.73. The van der Waals surface area contributed by atoms with E-state index in [2.05, 4.69) is 10.8 Å². The molecule has 9 heteroatoms. The van der Waals surface area contributed by atoms with Crippen LogP contribution in [0.25, 0.3) is 0 Å². The molecule has 26 heavy (non-hydrogen) atoms. The Balaban J connectivity index is 2.22. The quantitative estimate of drug-likeness (QED) is 0.320. The van der Waals surface area contributed by atoms with E-state index in [0.717, 1.165) is 6.07 Å². The van der Waals surface area contributed by atoms with E-state index in [9.17, 15) is 18.0 Å². The topological polar surface area (TPSA) is 70.6 Å². The fourth-order valence-corrected chi connectivity index (χ4v) is 2.43. The number of carbonyl (C=O) groups excluding carboxylic acids is 1. The van der Waals surface area contributed by atoms with Gasteiger partial charge in [-0.1, -0.05) is 0 Å². The van der Waals surface area contributed by atoms with E-state index < -0.39 is 29.5 Å². The van der Waals surface area contributed by atoms with Crippen LogP contribution in [0.2, 0.25) is 0 Å². The van der Waals surface area contributed by atoms with Crippen LogP contribution in [0.3, 0.4) is 0 Å². The van der Waals surface area contributed by atoms with Gasteiger partial charge in [-0.25, -0.2) is 18.7 Å². The van der Waals surface area contributed by atoms with Gasteiger partial charge in [0.1, 0.15) is 5.82 Å². The Morgan fingerprint density at radius 3 is 2.50 bits per heavy atom. The zero-order chi connectivity index (χ0) is 19.3. The van der Waals surface area contributed by atoms with Gasteiger partial charge in [0, 0.05) is 9.64 Å². The number of rotatable bonds is 7. The molecule has 0 radical (unpaired) electrons. The van der Waals surface area contributed by atoms with Gasteiger partial charge in [-0.2, -0.15) is 0 Å². The second-order valence-electron chi connectivity index (χ2n) is 5.48. The number of aliphatic hydroxyl groups is 1. The van der Waals surface area contributed by atoms with Crippen molar-refractivity contribution >= 4 is 39.9 Å². The van der Waals surface area contributed by atoms with E-state index in [-0.39, 0.29) is 30.0 Å². The van der Waals surface area contributed by atoms with Crippen LogP contribution in [-0.4, -0.2) is 23.7 Å². The van der Waals surface area contributed by atoms with Crippen LogP contribution in [0.1, 0.15) is 23.7 Å². The number of aliphatic hydroxyl groups excluding tert-OH is 1. The van der Waals surface area contributed by atoms with Gasteiger partial charge in [-0.05, 0) is 60.2 Å². The molecule has 0 aliphatic rings. The van der Waals surface area contributed by atoms with E-state index in [1.165, 1.54) is 12.1 Å². The van der Waals surface area contributed by atoms with E-state index in [4.69, 9.17) is 9.94 Å². The number of nitrogens with one attached hydrogen (secondary N) is 2. The number of anilines is 2. The Hall–Kier alpha value is -1.85. The Bertz CT molecular complexity index is 803. The molecule has 0 bridgehead atoms. The van der Waals surface area contributed by atoms with Gasteiger partial charge in [0.15, 0.2) is 11.6 Å². The van der Waals surface area contributed by atoms with Crippen molar-refractivity contribution in [1.82, 2.24) is 5.48 Å². The maximum atomic E-state index is 14.0. The maximum Gasteiger partial charge on any atom is 0.277 e. The van der Waals surface area contributed by atoms with Crippen LogP contribution in [0.5, 0.6) is 0 Å². The van der Waals surface area contributed by atoms with E-state index in [1.807, 2.05) is 22.6 Å². The first-order valence-electron chi connectivity index (χ1n) is 7.59. The van der Waals surface area contributed by atoms with Crippen LogP contribution >= 0.6 is 22.6 Å². The summed E-state index contributed by atoms with van der Waals surface area (Å²) in [6.07, 6.45) is -0.340. The monoisotopic (exact) mass is 480 g/mol. The highest BCUT2D eigenvalue weighted by atomic mass is 127. The lowest BCUT2D eigenvalue weighted by Gasteiger charge is -2.14. The lowest BCUT2D eigenvalue weighted by molar-refractivity contribution is 0.0187. The van der Waals surface area contributed by atoms with Gasteiger partial charge in [0.2, 0.25) is 0 Å². The highest BCUT2D eigenvalue weighted by molar-refractivity contribution is 14.1.